The van der Waals surface area contributed by atoms with E-state index in [0.29, 0.717) is 19.0 Å². The molecular weight excluding hydrogens is 521 g/mol. The van der Waals surface area contributed by atoms with Gasteiger partial charge in [-0.15, -0.1) is 35.3 Å². The fourth-order valence-electron chi connectivity index (χ4n) is 4.08. The number of carbonyl (C=O) groups excluding carboxylic acids is 1. The maximum Gasteiger partial charge on any atom is 0.227 e. The number of halogens is 1. The number of carbonyl (C=O) groups is 1. The summed E-state index contributed by atoms with van der Waals surface area (Å²) in [5, 5.41) is 10.5. The zero-order valence-electron chi connectivity index (χ0n) is 18.0. The summed E-state index contributed by atoms with van der Waals surface area (Å²) in [6.07, 6.45) is 3.84. The van der Waals surface area contributed by atoms with Crippen LogP contribution in [0.1, 0.15) is 38.2 Å². The lowest BCUT2D eigenvalue weighted by molar-refractivity contribution is -0.117. The molecule has 2 aliphatic heterocycles. The third kappa shape index (κ3) is 6.35. The number of benzene rings is 1. The van der Waals surface area contributed by atoms with Crippen LogP contribution in [-0.2, 0) is 11.3 Å². The maximum atomic E-state index is 11.9. The number of amides is 1. The predicted molar refractivity (Wildman–Crippen MR) is 141 cm³/mol. The van der Waals surface area contributed by atoms with E-state index in [2.05, 4.69) is 52.1 Å². The van der Waals surface area contributed by atoms with Crippen LogP contribution < -0.4 is 20.4 Å². The van der Waals surface area contributed by atoms with Gasteiger partial charge in [0.05, 0.1) is 11.5 Å². The number of hydrogen-bond donors (Lipinski definition) is 2. The van der Waals surface area contributed by atoms with Gasteiger partial charge < -0.3 is 20.4 Å². The minimum Gasteiger partial charge on any atom is -0.363 e. The largest absolute Gasteiger partial charge is 0.363 e. The molecule has 2 saturated heterocycles. The highest BCUT2D eigenvalue weighted by Crippen LogP contribution is 2.25. The molecule has 0 radical (unpaired) electrons. The minimum absolute atomic E-state index is 0. The van der Waals surface area contributed by atoms with Crippen LogP contribution in [-0.4, -0.2) is 44.1 Å². The van der Waals surface area contributed by atoms with Crippen molar-refractivity contribution >= 4 is 57.9 Å². The monoisotopic (exact) mass is 553 g/mol. The van der Waals surface area contributed by atoms with E-state index in [1.54, 1.807) is 0 Å². The van der Waals surface area contributed by atoms with E-state index in [0.717, 1.165) is 62.7 Å². The number of guanidine groups is 1. The Morgan fingerprint density at radius 2 is 1.94 bits per heavy atom. The molecule has 0 atom stereocenters. The number of hydrogen-bond acceptors (Lipinski definition) is 4. The van der Waals surface area contributed by atoms with Crippen LogP contribution in [0.2, 0.25) is 0 Å². The molecule has 2 fully saturated rings. The van der Waals surface area contributed by atoms with Crippen LogP contribution in [0.3, 0.4) is 0 Å². The van der Waals surface area contributed by atoms with Crippen LogP contribution in [0, 0.1) is 0 Å². The number of nitrogens with one attached hydrogen (secondary N) is 2. The van der Waals surface area contributed by atoms with Crippen molar-refractivity contribution in [1.29, 1.82) is 0 Å². The van der Waals surface area contributed by atoms with Gasteiger partial charge >= 0.3 is 0 Å². The van der Waals surface area contributed by atoms with E-state index in [9.17, 15) is 4.79 Å². The summed E-state index contributed by atoms with van der Waals surface area (Å²) in [5.74, 6) is 1.11. The summed E-state index contributed by atoms with van der Waals surface area (Å²) in [6.45, 7) is 6.55. The van der Waals surface area contributed by atoms with Crippen molar-refractivity contribution in [2.24, 2.45) is 4.99 Å². The molecule has 31 heavy (non-hydrogen) atoms. The smallest absolute Gasteiger partial charge is 0.227 e. The third-order valence-electron chi connectivity index (χ3n) is 5.74. The zero-order chi connectivity index (χ0) is 20.8. The van der Waals surface area contributed by atoms with Crippen LogP contribution >= 0.6 is 35.3 Å². The van der Waals surface area contributed by atoms with Gasteiger partial charge in [-0.25, -0.2) is 4.99 Å². The molecule has 0 spiro atoms. The molecule has 2 aliphatic rings. The molecule has 4 rings (SSSR count). The van der Waals surface area contributed by atoms with Gasteiger partial charge in [0.25, 0.3) is 0 Å². The molecule has 0 bridgehead atoms. The lowest BCUT2D eigenvalue weighted by Gasteiger charge is -2.33. The van der Waals surface area contributed by atoms with Gasteiger partial charge in [0.15, 0.2) is 5.96 Å². The first-order valence-corrected chi connectivity index (χ1v) is 11.8. The van der Waals surface area contributed by atoms with Crippen LogP contribution in [0.25, 0.3) is 0 Å². The first-order chi connectivity index (χ1) is 14.7. The highest BCUT2D eigenvalue weighted by molar-refractivity contribution is 14.0. The van der Waals surface area contributed by atoms with Crippen molar-refractivity contribution in [3.8, 4) is 0 Å². The summed E-state index contributed by atoms with van der Waals surface area (Å²) in [7, 11) is 0. The Hall–Kier alpha value is -1.81. The molecule has 8 heteroatoms. The van der Waals surface area contributed by atoms with E-state index in [4.69, 9.17) is 4.99 Å². The van der Waals surface area contributed by atoms with Crippen molar-refractivity contribution in [1.82, 2.24) is 10.6 Å². The average molecular weight is 554 g/mol. The van der Waals surface area contributed by atoms with E-state index in [1.807, 2.05) is 28.4 Å². The van der Waals surface area contributed by atoms with Crippen molar-refractivity contribution in [2.45, 2.75) is 45.2 Å². The lowest BCUT2D eigenvalue weighted by atomic mass is 10.1. The summed E-state index contributed by atoms with van der Waals surface area (Å²) >= 11 is 1.82. The first-order valence-electron chi connectivity index (χ1n) is 11.0. The Morgan fingerprint density at radius 1 is 1.16 bits per heavy atom. The molecule has 6 nitrogen and oxygen atoms in total. The number of piperidine rings is 1. The summed E-state index contributed by atoms with van der Waals surface area (Å²) in [5.41, 5.74) is 2.14. The Kier molecular flexibility index (Phi) is 9.01. The molecule has 3 heterocycles. The van der Waals surface area contributed by atoms with Gasteiger partial charge in [-0.3, -0.25) is 4.79 Å². The van der Waals surface area contributed by atoms with Gasteiger partial charge in [0.1, 0.15) is 0 Å². The fraction of sp³-hybridized carbons (Fsp3) is 0.478. The quantitative estimate of drug-likeness (QED) is 0.320. The highest BCUT2D eigenvalue weighted by Gasteiger charge is 2.22. The summed E-state index contributed by atoms with van der Waals surface area (Å²) < 4.78 is 0. The first kappa shape index (κ1) is 23.8. The van der Waals surface area contributed by atoms with Crippen molar-refractivity contribution < 1.29 is 4.79 Å². The van der Waals surface area contributed by atoms with Crippen molar-refractivity contribution in [3.05, 3.63) is 47.3 Å². The van der Waals surface area contributed by atoms with Crippen LogP contribution in [0.4, 0.5) is 10.7 Å². The molecule has 0 saturated carbocycles. The molecular formula is C23H32IN5OS. The Bertz CT molecular complexity index is 847. The average Bonchev–Trinajstić information content (AvgIpc) is 3.45. The van der Waals surface area contributed by atoms with Crippen molar-refractivity contribution in [2.75, 3.05) is 36.0 Å². The molecule has 1 aromatic heterocycles. The third-order valence-corrected chi connectivity index (χ3v) is 6.67. The Morgan fingerprint density at radius 3 is 2.55 bits per heavy atom. The van der Waals surface area contributed by atoms with E-state index in [-0.39, 0.29) is 29.9 Å². The molecule has 1 amide bonds. The highest BCUT2D eigenvalue weighted by atomic mass is 127. The van der Waals surface area contributed by atoms with Crippen molar-refractivity contribution in [3.63, 3.8) is 0 Å². The molecule has 2 N–H and O–H groups in total. The maximum absolute atomic E-state index is 11.9. The molecule has 168 valence electrons. The summed E-state index contributed by atoms with van der Waals surface area (Å²) in [6, 6.07) is 13.0. The zero-order valence-corrected chi connectivity index (χ0v) is 21.2. The number of aliphatic imine (C=N–C) groups is 1. The van der Waals surface area contributed by atoms with Crippen LogP contribution in [0.5, 0.6) is 0 Å². The second kappa shape index (κ2) is 11.7. The molecule has 1 aromatic carbocycles. The number of nitrogens with zero attached hydrogens (tertiary/aromatic N) is 3. The molecule has 0 unspecified atom stereocenters. The standard InChI is InChI=1S/C23H31N5OS.HI/c1-2-24-23(26-19-11-14-27(15-12-19)22-6-4-16-30-22)25-17-18-7-9-20(10-8-18)28-13-3-5-21(28)29;/h4,6-10,16,19H,2-3,5,11-15,17H2,1H3,(H2,24,25,26);1H. The molecule has 2 aromatic rings. The fourth-order valence-corrected chi connectivity index (χ4v) is 4.87. The van der Waals surface area contributed by atoms with Gasteiger partial charge in [-0.1, -0.05) is 12.1 Å². The van der Waals surface area contributed by atoms with Gasteiger partial charge in [-0.2, -0.15) is 0 Å². The molecule has 0 aliphatic carbocycles. The summed E-state index contributed by atoms with van der Waals surface area (Å²) in [4.78, 5) is 21.0. The number of anilines is 2. The van der Waals surface area contributed by atoms with Gasteiger partial charge in [-0.05, 0) is 61.4 Å². The van der Waals surface area contributed by atoms with Crippen LogP contribution in [0.15, 0.2) is 46.8 Å². The predicted octanol–water partition coefficient (Wildman–Crippen LogP) is 4.22. The van der Waals surface area contributed by atoms with Gasteiger partial charge in [0.2, 0.25) is 5.91 Å². The second-order valence-corrected chi connectivity index (χ2v) is 8.79. The minimum atomic E-state index is 0. The topological polar surface area (TPSA) is 60.0 Å². The van der Waals surface area contributed by atoms with E-state index in [1.165, 1.54) is 5.00 Å². The van der Waals surface area contributed by atoms with E-state index < -0.39 is 0 Å². The number of rotatable bonds is 6. The second-order valence-electron chi connectivity index (χ2n) is 7.87. The Balaban J connectivity index is 0.00000272. The van der Waals surface area contributed by atoms with E-state index >= 15 is 0 Å². The number of thiophene rings is 1. The van der Waals surface area contributed by atoms with Gasteiger partial charge in [0, 0.05) is 44.3 Å². The SMILES string of the molecule is CCNC(=NCc1ccc(N2CCCC2=O)cc1)NC1CCN(c2cccs2)CC1.I. The Labute approximate surface area is 206 Å². The lowest BCUT2D eigenvalue weighted by Crippen LogP contribution is -2.48. The normalized spacial score (nSPS) is 17.6.